The van der Waals surface area contributed by atoms with Crippen molar-refractivity contribution in [2.45, 2.75) is 37.8 Å². The van der Waals surface area contributed by atoms with E-state index < -0.39 is 24.0 Å². The van der Waals surface area contributed by atoms with Crippen molar-refractivity contribution in [1.82, 2.24) is 5.32 Å². The highest BCUT2D eigenvalue weighted by molar-refractivity contribution is 6.30. The van der Waals surface area contributed by atoms with Crippen LogP contribution in [0, 0.1) is 0 Å². The predicted molar refractivity (Wildman–Crippen MR) is 123 cm³/mol. The molecular formula is C24H26ClNO7. The van der Waals surface area contributed by atoms with E-state index in [1.54, 1.807) is 18.2 Å². The van der Waals surface area contributed by atoms with Crippen molar-refractivity contribution in [2.75, 3.05) is 6.54 Å². The summed E-state index contributed by atoms with van der Waals surface area (Å²) in [5.74, 6) is -4.59. The van der Waals surface area contributed by atoms with Crippen molar-refractivity contribution in [3.05, 3.63) is 75.8 Å². The summed E-state index contributed by atoms with van der Waals surface area (Å²) >= 11 is 6.00. The third-order valence-corrected chi connectivity index (χ3v) is 5.37. The number of fused-ring (bicyclic) bond motifs is 1. The van der Waals surface area contributed by atoms with Crippen LogP contribution in [0.4, 0.5) is 0 Å². The molecule has 0 amide bonds. The number of rotatable bonds is 6. The van der Waals surface area contributed by atoms with E-state index in [1.807, 2.05) is 18.2 Å². The summed E-state index contributed by atoms with van der Waals surface area (Å²) in [5, 5.41) is 38.1. The molecule has 2 atom stereocenters. The highest BCUT2D eigenvalue weighted by Gasteiger charge is 2.18. The van der Waals surface area contributed by atoms with Crippen LogP contribution in [0.2, 0.25) is 5.02 Å². The van der Waals surface area contributed by atoms with Gasteiger partial charge in [-0.25, -0.2) is 14.4 Å². The highest BCUT2D eigenvalue weighted by atomic mass is 35.5. The van der Waals surface area contributed by atoms with E-state index in [-0.39, 0.29) is 6.04 Å². The molecule has 3 rings (SSSR count). The number of carboxylic acids is 3. The molecule has 2 aromatic carbocycles. The van der Waals surface area contributed by atoms with Gasteiger partial charge in [0.05, 0.1) is 6.10 Å². The molecule has 0 aromatic heterocycles. The van der Waals surface area contributed by atoms with Crippen molar-refractivity contribution >= 4 is 35.6 Å². The normalized spacial score (nSPS) is 16.1. The third kappa shape index (κ3) is 9.05. The molecule has 5 N–H and O–H groups in total. The van der Waals surface area contributed by atoms with E-state index in [0.29, 0.717) is 11.6 Å². The second-order valence-corrected chi connectivity index (χ2v) is 8.02. The molecule has 0 heterocycles. The Labute approximate surface area is 196 Å². The van der Waals surface area contributed by atoms with Crippen LogP contribution in [0.1, 0.15) is 41.2 Å². The summed E-state index contributed by atoms with van der Waals surface area (Å²) in [4.78, 5) is 28.9. The van der Waals surface area contributed by atoms with Crippen LogP contribution in [0.5, 0.6) is 0 Å². The lowest BCUT2D eigenvalue weighted by atomic mass is 9.98. The minimum Gasteiger partial charge on any atom is -0.478 e. The minimum absolute atomic E-state index is 0.277. The Morgan fingerprint density at radius 3 is 2.42 bits per heavy atom. The maximum atomic E-state index is 10.7. The van der Waals surface area contributed by atoms with Gasteiger partial charge in [0, 0.05) is 23.7 Å². The molecule has 0 bridgehead atoms. The summed E-state index contributed by atoms with van der Waals surface area (Å²) in [6.45, 7) is 0.471. The number of hydrogen-bond donors (Lipinski definition) is 5. The van der Waals surface area contributed by atoms with E-state index in [0.717, 1.165) is 42.9 Å². The summed E-state index contributed by atoms with van der Waals surface area (Å²) < 4.78 is 0. The monoisotopic (exact) mass is 475 g/mol. The molecule has 0 fully saturated rings. The third-order valence-electron chi connectivity index (χ3n) is 5.13. The van der Waals surface area contributed by atoms with Gasteiger partial charge in [0.15, 0.2) is 0 Å². The number of benzene rings is 2. The quantitative estimate of drug-likeness (QED) is 0.243. The molecule has 0 spiro atoms. The molecule has 176 valence electrons. The van der Waals surface area contributed by atoms with Crippen LogP contribution in [0.15, 0.2) is 48.5 Å². The fourth-order valence-corrected chi connectivity index (χ4v) is 3.74. The van der Waals surface area contributed by atoms with Gasteiger partial charge in [0.25, 0.3) is 0 Å². The lowest BCUT2D eigenvalue weighted by Crippen LogP contribution is -2.34. The number of hydrogen-bond acceptors (Lipinski definition) is 5. The second-order valence-electron chi connectivity index (χ2n) is 7.58. The standard InChI is InChI=1S/C22H24ClNO3.C2H2O4/c23-19-5-1-4-17(12-19)21(25)14-24-20-6-2-3-16-9-7-15(8-10-22(26)27)11-18(16)13-20;3-1(4)2(5)6/h1,4-5,7-12,20-21,24-25H,2-3,6,13-14H2,(H,26,27);(H,3,4)(H,5,6)/t20?,21-;/m0./s1. The maximum absolute atomic E-state index is 10.7. The van der Waals surface area contributed by atoms with E-state index in [4.69, 9.17) is 36.5 Å². The van der Waals surface area contributed by atoms with Gasteiger partial charge in [0.2, 0.25) is 0 Å². The Bertz CT molecular complexity index is 1010. The first kappa shape index (κ1) is 26.1. The molecule has 1 unspecified atom stereocenters. The Morgan fingerprint density at radius 2 is 1.79 bits per heavy atom. The largest absolute Gasteiger partial charge is 0.478 e. The Hall–Kier alpha value is -3.20. The molecule has 1 aliphatic rings. The van der Waals surface area contributed by atoms with Gasteiger partial charge in [-0.15, -0.1) is 0 Å². The molecule has 33 heavy (non-hydrogen) atoms. The summed E-state index contributed by atoms with van der Waals surface area (Å²) in [7, 11) is 0. The lowest BCUT2D eigenvalue weighted by Gasteiger charge is -2.20. The van der Waals surface area contributed by atoms with E-state index in [9.17, 15) is 9.90 Å². The zero-order valence-electron chi connectivity index (χ0n) is 17.8. The summed E-state index contributed by atoms with van der Waals surface area (Å²) in [6.07, 6.45) is 6.20. The number of aliphatic hydroxyl groups is 1. The Kier molecular flexibility index (Phi) is 10.1. The van der Waals surface area contributed by atoms with E-state index in [1.165, 1.54) is 11.1 Å². The summed E-state index contributed by atoms with van der Waals surface area (Å²) in [6, 6.07) is 13.7. The van der Waals surface area contributed by atoms with Gasteiger partial charge in [-0.1, -0.05) is 41.9 Å². The van der Waals surface area contributed by atoms with E-state index >= 15 is 0 Å². The SMILES string of the molecule is O=C(O)C(=O)O.O=C(O)C=Cc1ccc2c(c1)CC(NC[C@H](O)c1cccc(Cl)c1)CCC2. The average molecular weight is 476 g/mol. The second kappa shape index (κ2) is 12.7. The number of carbonyl (C=O) groups is 3. The number of aryl methyl sites for hydroxylation is 1. The molecule has 0 radical (unpaired) electrons. The van der Waals surface area contributed by atoms with Crippen LogP contribution >= 0.6 is 11.6 Å². The number of halogens is 1. The zero-order valence-corrected chi connectivity index (χ0v) is 18.5. The van der Waals surface area contributed by atoms with Crippen LogP contribution in [0.25, 0.3) is 6.08 Å². The summed E-state index contributed by atoms with van der Waals surface area (Å²) in [5.41, 5.74) is 4.28. The van der Waals surface area contributed by atoms with Crippen LogP contribution < -0.4 is 5.32 Å². The van der Waals surface area contributed by atoms with Gasteiger partial charge in [-0.3, -0.25) is 0 Å². The molecule has 0 aliphatic heterocycles. The molecule has 8 nitrogen and oxygen atoms in total. The molecule has 0 saturated heterocycles. The van der Waals surface area contributed by atoms with Crippen molar-refractivity contribution in [2.24, 2.45) is 0 Å². The number of aliphatic carboxylic acids is 3. The lowest BCUT2D eigenvalue weighted by molar-refractivity contribution is -0.159. The fourth-order valence-electron chi connectivity index (χ4n) is 3.54. The number of carboxylic acid groups (broad SMARTS) is 3. The van der Waals surface area contributed by atoms with Gasteiger partial charge in [-0.2, -0.15) is 0 Å². The zero-order chi connectivity index (χ0) is 24.4. The first-order chi connectivity index (χ1) is 15.7. The molecule has 9 heteroatoms. The molecular weight excluding hydrogens is 450 g/mol. The first-order valence-corrected chi connectivity index (χ1v) is 10.7. The van der Waals surface area contributed by atoms with Crippen molar-refractivity contribution in [3.8, 4) is 0 Å². The van der Waals surface area contributed by atoms with Crippen molar-refractivity contribution < 1.29 is 34.8 Å². The van der Waals surface area contributed by atoms with Crippen LogP contribution in [-0.2, 0) is 27.2 Å². The van der Waals surface area contributed by atoms with Crippen molar-refractivity contribution in [1.29, 1.82) is 0 Å². The smallest absolute Gasteiger partial charge is 0.414 e. The van der Waals surface area contributed by atoms with Crippen LogP contribution in [0.3, 0.4) is 0 Å². The molecule has 0 saturated carbocycles. The van der Waals surface area contributed by atoms with Gasteiger partial charge < -0.3 is 25.7 Å². The van der Waals surface area contributed by atoms with Gasteiger partial charge in [0.1, 0.15) is 0 Å². The number of nitrogens with one attached hydrogen (secondary N) is 1. The van der Waals surface area contributed by atoms with Gasteiger partial charge in [-0.05, 0) is 66.1 Å². The van der Waals surface area contributed by atoms with E-state index in [2.05, 4.69) is 17.4 Å². The Morgan fingerprint density at radius 1 is 1.06 bits per heavy atom. The number of aliphatic hydroxyl groups excluding tert-OH is 1. The highest BCUT2D eigenvalue weighted by Crippen LogP contribution is 2.24. The van der Waals surface area contributed by atoms with Gasteiger partial charge >= 0.3 is 17.9 Å². The molecule has 1 aliphatic carbocycles. The minimum atomic E-state index is -1.82. The molecule has 2 aromatic rings. The maximum Gasteiger partial charge on any atom is 0.414 e. The van der Waals surface area contributed by atoms with Crippen LogP contribution in [-0.4, -0.2) is 50.9 Å². The van der Waals surface area contributed by atoms with Crippen molar-refractivity contribution in [3.63, 3.8) is 0 Å². The predicted octanol–water partition coefficient (Wildman–Crippen LogP) is 3.16. The Balaban J connectivity index is 0.000000569. The first-order valence-electron chi connectivity index (χ1n) is 10.3. The average Bonchev–Trinajstić information content (AvgIpc) is 2.97. The fraction of sp³-hybridized carbons (Fsp3) is 0.292. The topological polar surface area (TPSA) is 144 Å².